The number of hydrogen-bond acceptors (Lipinski definition) is 3. The van der Waals surface area contributed by atoms with Crippen LogP contribution in [0, 0.1) is 0 Å². The van der Waals surface area contributed by atoms with Crippen LogP contribution in [-0.4, -0.2) is 21.2 Å². The average Bonchev–Trinajstić information content (AvgIpc) is 2.51. The molecule has 1 heterocycles. The van der Waals surface area contributed by atoms with Gasteiger partial charge in [0, 0.05) is 13.2 Å². The number of nitrogens with zero attached hydrogens (tertiary/aromatic N) is 2. The molecule has 1 rings (SSSR count). The standard InChI is InChI=1S/C9H16N4O/c1-4-9(2,10)8(14)12-7-5-11-13(3)6-7/h5-6H,4,10H2,1-3H3,(H,12,14). The third-order valence-electron chi connectivity index (χ3n) is 2.22. The van der Waals surface area contributed by atoms with Crippen molar-refractivity contribution in [2.45, 2.75) is 25.8 Å². The highest BCUT2D eigenvalue weighted by Gasteiger charge is 2.25. The SMILES string of the molecule is CCC(C)(N)C(=O)Nc1cnn(C)c1. The maximum absolute atomic E-state index is 11.6. The van der Waals surface area contributed by atoms with Crippen molar-refractivity contribution in [3.8, 4) is 0 Å². The Balaban J connectivity index is 2.66. The van der Waals surface area contributed by atoms with E-state index in [9.17, 15) is 4.79 Å². The molecule has 0 spiro atoms. The lowest BCUT2D eigenvalue weighted by atomic mass is 10.00. The van der Waals surface area contributed by atoms with Gasteiger partial charge in [0.1, 0.15) is 0 Å². The maximum atomic E-state index is 11.6. The molecule has 1 unspecified atom stereocenters. The zero-order chi connectivity index (χ0) is 10.8. The largest absolute Gasteiger partial charge is 0.322 e. The third-order valence-corrected chi connectivity index (χ3v) is 2.22. The van der Waals surface area contributed by atoms with Crippen molar-refractivity contribution in [3.63, 3.8) is 0 Å². The van der Waals surface area contributed by atoms with Gasteiger partial charge in [-0.05, 0) is 13.3 Å². The first-order chi connectivity index (χ1) is 6.45. The van der Waals surface area contributed by atoms with E-state index >= 15 is 0 Å². The zero-order valence-corrected chi connectivity index (χ0v) is 8.74. The molecule has 0 aliphatic carbocycles. The molecule has 14 heavy (non-hydrogen) atoms. The fraction of sp³-hybridized carbons (Fsp3) is 0.556. The van der Waals surface area contributed by atoms with Crippen molar-refractivity contribution in [2.75, 3.05) is 5.32 Å². The molecule has 0 fully saturated rings. The summed E-state index contributed by atoms with van der Waals surface area (Å²) in [6.45, 7) is 3.58. The Morgan fingerprint density at radius 3 is 2.86 bits per heavy atom. The van der Waals surface area contributed by atoms with E-state index in [1.165, 1.54) is 0 Å². The van der Waals surface area contributed by atoms with Crippen molar-refractivity contribution >= 4 is 11.6 Å². The van der Waals surface area contributed by atoms with Crippen LogP contribution in [0.25, 0.3) is 0 Å². The summed E-state index contributed by atoms with van der Waals surface area (Å²) < 4.78 is 1.62. The number of amides is 1. The number of anilines is 1. The summed E-state index contributed by atoms with van der Waals surface area (Å²) in [5, 5.41) is 6.65. The number of hydrogen-bond donors (Lipinski definition) is 2. The number of nitrogens with one attached hydrogen (secondary N) is 1. The fourth-order valence-corrected chi connectivity index (χ4v) is 0.920. The summed E-state index contributed by atoms with van der Waals surface area (Å²) in [5.41, 5.74) is 5.62. The predicted octanol–water partition coefficient (Wildman–Crippen LogP) is 0.486. The molecule has 0 aromatic carbocycles. The lowest BCUT2D eigenvalue weighted by molar-refractivity contribution is -0.120. The van der Waals surface area contributed by atoms with Gasteiger partial charge in [-0.15, -0.1) is 0 Å². The molecule has 1 atom stereocenters. The van der Waals surface area contributed by atoms with Gasteiger partial charge in [-0.3, -0.25) is 9.48 Å². The van der Waals surface area contributed by atoms with E-state index in [-0.39, 0.29) is 5.91 Å². The Labute approximate surface area is 83.3 Å². The van der Waals surface area contributed by atoms with E-state index < -0.39 is 5.54 Å². The lowest BCUT2D eigenvalue weighted by Gasteiger charge is -2.20. The minimum atomic E-state index is -0.824. The number of rotatable bonds is 3. The van der Waals surface area contributed by atoms with Crippen LogP contribution in [0.1, 0.15) is 20.3 Å². The number of carbonyl (C=O) groups excluding carboxylic acids is 1. The van der Waals surface area contributed by atoms with Crippen LogP contribution in [-0.2, 0) is 11.8 Å². The van der Waals surface area contributed by atoms with E-state index in [2.05, 4.69) is 10.4 Å². The molecule has 5 nitrogen and oxygen atoms in total. The maximum Gasteiger partial charge on any atom is 0.244 e. The summed E-state index contributed by atoms with van der Waals surface area (Å²) in [4.78, 5) is 11.6. The van der Waals surface area contributed by atoms with Gasteiger partial charge in [-0.25, -0.2) is 0 Å². The monoisotopic (exact) mass is 196 g/mol. The van der Waals surface area contributed by atoms with Gasteiger partial charge >= 0.3 is 0 Å². The van der Waals surface area contributed by atoms with Crippen LogP contribution in [0.3, 0.4) is 0 Å². The first-order valence-corrected chi connectivity index (χ1v) is 4.54. The van der Waals surface area contributed by atoms with E-state index in [4.69, 9.17) is 5.73 Å². The molecule has 5 heteroatoms. The van der Waals surface area contributed by atoms with Crippen molar-refractivity contribution in [1.82, 2.24) is 9.78 Å². The molecular weight excluding hydrogens is 180 g/mol. The van der Waals surface area contributed by atoms with Crippen LogP contribution in [0.4, 0.5) is 5.69 Å². The van der Waals surface area contributed by atoms with Gasteiger partial charge in [0.05, 0.1) is 17.4 Å². The molecule has 0 aliphatic heterocycles. The zero-order valence-electron chi connectivity index (χ0n) is 8.74. The number of carbonyl (C=O) groups is 1. The average molecular weight is 196 g/mol. The van der Waals surface area contributed by atoms with E-state index in [1.807, 2.05) is 6.92 Å². The smallest absolute Gasteiger partial charge is 0.244 e. The quantitative estimate of drug-likeness (QED) is 0.738. The Morgan fingerprint density at radius 2 is 2.43 bits per heavy atom. The third kappa shape index (κ3) is 2.32. The molecule has 1 aromatic rings. The van der Waals surface area contributed by atoms with E-state index in [0.717, 1.165) is 0 Å². The van der Waals surface area contributed by atoms with Gasteiger partial charge in [0.15, 0.2) is 0 Å². The minimum absolute atomic E-state index is 0.187. The molecular formula is C9H16N4O. The number of aromatic nitrogens is 2. The van der Waals surface area contributed by atoms with Crippen LogP contribution >= 0.6 is 0 Å². The van der Waals surface area contributed by atoms with E-state index in [0.29, 0.717) is 12.1 Å². The fourth-order valence-electron chi connectivity index (χ4n) is 0.920. The first kappa shape index (κ1) is 10.7. The van der Waals surface area contributed by atoms with Gasteiger partial charge in [0.2, 0.25) is 5.91 Å². The highest BCUT2D eigenvalue weighted by Crippen LogP contribution is 2.10. The summed E-state index contributed by atoms with van der Waals surface area (Å²) >= 11 is 0. The van der Waals surface area contributed by atoms with Gasteiger partial charge < -0.3 is 11.1 Å². The molecule has 3 N–H and O–H groups in total. The Kier molecular flexibility index (Phi) is 2.90. The van der Waals surface area contributed by atoms with Crippen molar-refractivity contribution in [1.29, 1.82) is 0 Å². The molecule has 78 valence electrons. The van der Waals surface area contributed by atoms with Gasteiger partial charge in [-0.2, -0.15) is 5.10 Å². The first-order valence-electron chi connectivity index (χ1n) is 4.54. The number of aryl methyl sites for hydroxylation is 1. The van der Waals surface area contributed by atoms with Gasteiger partial charge in [-0.1, -0.05) is 6.92 Å². The Morgan fingerprint density at radius 1 is 1.79 bits per heavy atom. The Bertz CT molecular complexity index is 329. The van der Waals surface area contributed by atoms with Crippen molar-refractivity contribution in [2.24, 2.45) is 12.8 Å². The second-order valence-corrected chi connectivity index (χ2v) is 3.63. The summed E-state index contributed by atoms with van der Waals surface area (Å²) in [7, 11) is 1.79. The van der Waals surface area contributed by atoms with Crippen molar-refractivity contribution < 1.29 is 4.79 Å². The van der Waals surface area contributed by atoms with Crippen molar-refractivity contribution in [3.05, 3.63) is 12.4 Å². The minimum Gasteiger partial charge on any atom is -0.322 e. The number of nitrogens with two attached hydrogens (primary N) is 1. The van der Waals surface area contributed by atoms with Crippen LogP contribution in [0.15, 0.2) is 12.4 Å². The lowest BCUT2D eigenvalue weighted by Crippen LogP contribution is -2.47. The highest BCUT2D eigenvalue weighted by atomic mass is 16.2. The molecule has 0 aliphatic rings. The highest BCUT2D eigenvalue weighted by molar-refractivity contribution is 5.97. The molecule has 1 aromatic heterocycles. The normalized spacial score (nSPS) is 14.9. The van der Waals surface area contributed by atoms with Crippen LogP contribution < -0.4 is 11.1 Å². The van der Waals surface area contributed by atoms with E-state index in [1.54, 1.807) is 31.0 Å². The summed E-state index contributed by atoms with van der Waals surface area (Å²) in [5.74, 6) is -0.187. The Hall–Kier alpha value is -1.36. The second kappa shape index (κ2) is 3.79. The summed E-state index contributed by atoms with van der Waals surface area (Å²) in [6.07, 6.45) is 3.91. The molecule has 0 saturated carbocycles. The van der Waals surface area contributed by atoms with Crippen LogP contribution in [0.5, 0.6) is 0 Å². The molecule has 1 amide bonds. The van der Waals surface area contributed by atoms with Gasteiger partial charge in [0.25, 0.3) is 0 Å². The second-order valence-electron chi connectivity index (χ2n) is 3.63. The molecule has 0 saturated heterocycles. The summed E-state index contributed by atoms with van der Waals surface area (Å²) in [6, 6.07) is 0. The topological polar surface area (TPSA) is 72.9 Å². The molecule has 0 bridgehead atoms. The predicted molar refractivity (Wildman–Crippen MR) is 54.7 cm³/mol. The van der Waals surface area contributed by atoms with Crippen LogP contribution in [0.2, 0.25) is 0 Å². The molecule has 0 radical (unpaired) electrons.